The van der Waals surface area contributed by atoms with E-state index in [-0.39, 0.29) is 16.9 Å². The molecule has 1 aromatic heterocycles. The largest absolute Gasteiger partial charge is 0.457 e. The summed E-state index contributed by atoms with van der Waals surface area (Å²) in [6.07, 6.45) is 2.12. The lowest BCUT2D eigenvalue weighted by molar-refractivity contribution is 0.499. The zero-order valence-corrected chi connectivity index (χ0v) is 12.8. The summed E-state index contributed by atoms with van der Waals surface area (Å²) in [5.41, 5.74) is 1.56. The monoisotopic (exact) mass is 345 g/mol. The Morgan fingerprint density at radius 3 is 2.84 bits per heavy atom. The Morgan fingerprint density at radius 2 is 2.21 bits per heavy atom. The van der Waals surface area contributed by atoms with Gasteiger partial charge in [0.25, 0.3) is 0 Å². The number of likely N-dealkylation sites (N-methyl/N-ethyl adjacent to an activating group) is 1. The van der Waals surface area contributed by atoms with Crippen molar-refractivity contribution in [3.63, 3.8) is 0 Å². The number of hydrogen-bond donors (Lipinski definition) is 1. The number of halogens is 3. The van der Waals surface area contributed by atoms with Crippen molar-refractivity contribution in [3.8, 4) is 0 Å². The van der Waals surface area contributed by atoms with Crippen LogP contribution in [0.4, 0.5) is 4.39 Å². The molecule has 1 aromatic carbocycles. The van der Waals surface area contributed by atoms with Crippen LogP contribution >= 0.6 is 27.5 Å². The predicted octanol–water partition coefficient (Wildman–Crippen LogP) is 4.73. The van der Waals surface area contributed by atoms with Gasteiger partial charge in [0.2, 0.25) is 0 Å². The molecule has 0 amide bonds. The Balaban J connectivity index is 2.27. The van der Waals surface area contributed by atoms with Gasteiger partial charge >= 0.3 is 0 Å². The predicted molar refractivity (Wildman–Crippen MR) is 77.9 cm³/mol. The molecule has 1 heterocycles. The maximum Gasteiger partial charge on any atom is 0.173 e. The zero-order valence-electron chi connectivity index (χ0n) is 10.4. The molecule has 0 aliphatic heterocycles. The summed E-state index contributed by atoms with van der Waals surface area (Å²) in [6.45, 7) is 2.79. The molecule has 0 aliphatic rings. The van der Waals surface area contributed by atoms with E-state index in [0.717, 1.165) is 12.1 Å². The van der Waals surface area contributed by atoms with Crippen molar-refractivity contribution in [2.24, 2.45) is 0 Å². The van der Waals surface area contributed by atoms with Crippen molar-refractivity contribution in [2.75, 3.05) is 6.54 Å². The first kappa shape index (κ1) is 14.6. The SMILES string of the molecule is CCNC(Cc1cccc(Cl)c1F)c1ccoc1Br. The van der Waals surface area contributed by atoms with Crippen LogP contribution in [0.15, 0.2) is 39.6 Å². The highest BCUT2D eigenvalue weighted by molar-refractivity contribution is 9.10. The second-order valence-corrected chi connectivity index (χ2v) is 5.30. The number of nitrogens with one attached hydrogen (secondary N) is 1. The second kappa shape index (κ2) is 6.55. The molecule has 2 aromatic rings. The molecule has 0 radical (unpaired) electrons. The third kappa shape index (κ3) is 3.38. The van der Waals surface area contributed by atoms with E-state index in [9.17, 15) is 4.39 Å². The summed E-state index contributed by atoms with van der Waals surface area (Å²) in [7, 11) is 0. The zero-order chi connectivity index (χ0) is 13.8. The molecule has 2 rings (SSSR count). The summed E-state index contributed by atoms with van der Waals surface area (Å²) in [4.78, 5) is 0. The third-order valence-corrected chi connectivity index (χ3v) is 3.86. The summed E-state index contributed by atoms with van der Waals surface area (Å²) in [5.74, 6) is -0.355. The van der Waals surface area contributed by atoms with Crippen LogP contribution in [-0.4, -0.2) is 6.54 Å². The van der Waals surface area contributed by atoms with E-state index < -0.39 is 0 Å². The molecule has 102 valence electrons. The number of hydrogen-bond acceptors (Lipinski definition) is 2. The molecular formula is C14H14BrClFNO. The molecule has 19 heavy (non-hydrogen) atoms. The van der Waals surface area contributed by atoms with Gasteiger partial charge in [-0.3, -0.25) is 0 Å². The number of furan rings is 1. The lowest BCUT2D eigenvalue weighted by Gasteiger charge is -2.17. The van der Waals surface area contributed by atoms with E-state index in [2.05, 4.69) is 21.2 Å². The van der Waals surface area contributed by atoms with Gasteiger partial charge in [-0.1, -0.05) is 30.7 Å². The molecular weight excluding hydrogens is 333 g/mol. The maximum atomic E-state index is 13.9. The van der Waals surface area contributed by atoms with Crippen LogP contribution in [0.3, 0.4) is 0 Å². The minimum Gasteiger partial charge on any atom is -0.457 e. The molecule has 1 unspecified atom stereocenters. The first-order chi connectivity index (χ1) is 9.13. The van der Waals surface area contributed by atoms with Crippen molar-refractivity contribution in [1.29, 1.82) is 0 Å². The highest BCUT2D eigenvalue weighted by Crippen LogP contribution is 2.29. The van der Waals surface area contributed by atoms with E-state index in [1.54, 1.807) is 24.5 Å². The van der Waals surface area contributed by atoms with Crippen molar-refractivity contribution in [1.82, 2.24) is 5.32 Å². The fourth-order valence-electron chi connectivity index (χ4n) is 2.02. The highest BCUT2D eigenvalue weighted by Gasteiger charge is 2.18. The Bertz CT molecular complexity index is 558. The van der Waals surface area contributed by atoms with E-state index in [0.29, 0.717) is 16.7 Å². The van der Waals surface area contributed by atoms with Crippen molar-refractivity contribution in [3.05, 3.63) is 57.2 Å². The lowest BCUT2D eigenvalue weighted by Crippen LogP contribution is -2.23. The molecule has 5 heteroatoms. The van der Waals surface area contributed by atoms with E-state index >= 15 is 0 Å². The van der Waals surface area contributed by atoms with Gasteiger partial charge in [0.15, 0.2) is 4.67 Å². The number of rotatable bonds is 5. The van der Waals surface area contributed by atoms with E-state index in [1.165, 1.54) is 0 Å². The van der Waals surface area contributed by atoms with Gasteiger partial charge < -0.3 is 9.73 Å². The normalized spacial score (nSPS) is 12.6. The minimum absolute atomic E-state index is 0.0221. The van der Waals surface area contributed by atoms with Gasteiger partial charge in [0.05, 0.1) is 11.3 Å². The van der Waals surface area contributed by atoms with Gasteiger partial charge in [-0.2, -0.15) is 0 Å². The standard InChI is InChI=1S/C14H14BrClFNO/c1-2-18-12(10-6-7-19-14(10)15)8-9-4-3-5-11(16)13(9)17/h3-7,12,18H,2,8H2,1H3. The summed E-state index contributed by atoms with van der Waals surface area (Å²) >= 11 is 9.16. The lowest BCUT2D eigenvalue weighted by atomic mass is 10.0. The molecule has 2 nitrogen and oxygen atoms in total. The van der Waals surface area contributed by atoms with Gasteiger partial charge in [-0.15, -0.1) is 0 Å². The molecule has 0 saturated heterocycles. The number of benzene rings is 1. The molecule has 0 saturated carbocycles. The Labute approximate surface area is 125 Å². The summed E-state index contributed by atoms with van der Waals surface area (Å²) < 4.78 is 19.9. The van der Waals surface area contributed by atoms with Gasteiger partial charge in [-0.25, -0.2) is 4.39 Å². The fourth-order valence-corrected chi connectivity index (χ4v) is 2.73. The summed E-state index contributed by atoms with van der Waals surface area (Å²) in [6, 6.07) is 6.91. The molecule has 0 fully saturated rings. The van der Waals surface area contributed by atoms with Crippen LogP contribution in [0, 0.1) is 5.82 Å². The minimum atomic E-state index is -0.355. The van der Waals surface area contributed by atoms with Gasteiger partial charge in [0.1, 0.15) is 5.82 Å². The highest BCUT2D eigenvalue weighted by atomic mass is 79.9. The van der Waals surface area contributed by atoms with Gasteiger partial charge in [-0.05, 0) is 46.6 Å². The van der Waals surface area contributed by atoms with Crippen LogP contribution in [-0.2, 0) is 6.42 Å². The Hall–Kier alpha value is -0.840. The first-order valence-electron chi connectivity index (χ1n) is 6.02. The van der Waals surface area contributed by atoms with Crippen molar-refractivity contribution in [2.45, 2.75) is 19.4 Å². The van der Waals surface area contributed by atoms with Crippen LogP contribution in [0.1, 0.15) is 24.1 Å². The molecule has 0 aliphatic carbocycles. The topological polar surface area (TPSA) is 25.2 Å². The smallest absolute Gasteiger partial charge is 0.173 e. The molecule has 1 N–H and O–H groups in total. The van der Waals surface area contributed by atoms with E-state index in [1.807, 2.05) is 13.0 Å². The van der Waals surface area contributed by atoms with Crippen molar-refractivity contribution >= 4 is 27.5 Å². The Morgan fingerprint density at radius 1 is 1.42 bits per heavy atom. The van der Waals surface area contributed by atoms with Crippen LogP contribution < -0.4 is 5.32 Å². The quantitative estimate of drug-likeness (QED) is 0.847. The second-order valence-electron chi connectivity index (χ2n) is 4.18. The first-order valence-corrected chi connectivity index (χ1v) is 7.19. The average molecular weight is 347 g/mol. The Kier molecular flexibility index (Phi) is 5.02. The van der Waals surface area contributed by atoms with Crippen LogP contribution in [0.2, 0.25) is 5.02 Å². The van der Waals surface area contributed by atoms with Crippen LogP contribution in [0.25, 0.3) is 0 Å². The van der Waals surface area contributed by atoms with Crippen molar-refractivity contribution < 1.29 is 8.81 Å². The molecule has 0 spiro atoms. The van der Waals surface area contributed by atoms with E-state index in [4.69, 9.17) is 16.0 Å². The van der Waals surface area contributed by atoms with Gasteiger partial charge in [0, 0.05) is 11.6 Å². The fraction of sp³-hybridized carbons (Fsp3) is 0.286. The summed E-state index contributed by atoms with van der Waals surface area (Å²) in [5, 5.41) is 3.47. The molecule has 0 bridgehead atoms. The van der Waals surface area contributed by atoms with Crippen LogP contribution in [0.5, 0.6) is 0 Å². The molecule has 1 atom stereocenters. The third-order valence-electron chi connectivity index (χ3n) is 2.93. The maximum absolute atomic E-state index is 13.9. The average Bonchev–Trinajstić information content (AvgIpc) is 2.80.